The largest absolute Gasteiger partial charge is 0.389 e. The van der Waals surface area contributed by atoms with Crippen molar-refractivity contribution in [3.63, 3.8) is 0 Å². The van der Waals surface area contributed by atoms with Crippen molar-refractivity contribution in [3.05, 3.63) is 34.6 Å². The first-order valence-corrected chi connectivity index (χ1v) is 7.21. The average molecular weight is 325 g/mol. The summed E-state index contributed by atoms with van der Waals surface area (Å²) < 4.78 is 51.6. The second kappa shape index (κ2) is 6.94. The fourth-order valence-corrected chi connectivity index (χ4v) is 2.76. The van der Waals surface area contributed by atoms with Gasteiger partial charge in [0.15, 0.2) is 0 Å². The summed E-state index contributed by atoms with van der Waals surface area (Å²) in [5.41, 5.74) is 0.283. The maximum atomic E-state index is 14.1. The molecule has 7 heteroatoms. The Morgan fingerprint density at radius 3 is 2.48 bits per heavy atom. The summed E-state index contributed by atoms with van der Waals surface area (Å²) in [4.78, 5) is 1.90. The monoisotopic (exact) mass is 324 g/mol. The lowest BCUT2D eigenvalue weighted by molar-refractivity contribution is -0.138. The van der Waals surface area contributed by atoms with Gasteiger partial charge in [0.25, 0.3) is 0 Å². The van der Waals surface area contributed by atoms with Crippen molar-refractivity contribution >= 4 is 11.6 Å². The lowest BCUT2D eigenvalue weighted by Crippen LogP contribution is -2.45. The number of hydrogen-bond acceptors (Lipinski definition) is 2. The van der Waals surface area contributed by atoms with Crippen LogP contribution in [-0.2, 0) is 0 Å². The number of halogens is 5. The summed E-state index contributed by atoms with van der Waals surface area (Å²) in [5.74, 6) is -0.548. The second-order valence-electron chi connectivity index (χ2n) is 5.12. The Balaban J connectivity index is 2.21. The Morgan fingerprint density at radius 2 is 1.90 bits per heavy atom. The van der Waals surface area contributed by atoms with Gasteiger partial charge in [-0.05, 0) is 18.6 Å². The Bertz CT molecular complexity index is 473. The standard InChI is InChI=1S/C14H17ClF4N2/c15-10-1-2-11(12(16)9-10)13(3-4-14(17,18)19)21-7-5-20-6-8-21/h1-2,9,13,20H,3-8H2/t13-/m0/s1. The summed E-state index contributed by atoms with van der Waals surface area (Å²) >= 11 is 5.71. The van der Waals surface area contributed by atoms with E-state index in [9.17, 15) is 17.6 Å². The van der Waals surface area contributed by atoms with Gasteiger partial charge in [-0.3, -0.25) is 4.90 Å². The molecule has 2 nitrogen and oxygen atoms in total. The minimum Gasteiger partial charge on any atom is -0.314 e. The van der Waals surface area contributed by atoms with Gasteiger partial charge < -0.3 is 5.32 Å². The number of nitrogens with zero attached hydrogens (tertiary/aromatic N) is 1. The predicted molar refractivity (Wildman–Crippen MR) is 73.9 cm³/mol. The molecule has 0 unspecified atom stereocenters. The Hall–Kier alpha value is -0.850. The summed E-state index contributed by atoms with van der Waals surface area (Å²) in [6, 6.07) is 3.58. The van der Waals surface area contributed by atoms with Crippen LogP contribution in [-0.4, -0.2) is 37.3 Å². The number of benzene rings is 1. The summed E-state index contributed by atoms with van der Waals surface area (Å²) in [6.07, 6.45) is -5.32. The van der Waals surface area contributed by atoms with Gasteiger partial charge in [-0.15, -0.1) is 0 Å². The van der Waals surface area contributed by atoms with E-state index in [-0.39, 0.29) is 17.0 Å². The van der Waals surface area contributed by atoms with Crippen LogP contribution in [0.4, 0.5) is 17.6 Å². The molecular formula is C14H17ClF4N2. The molecule has 0 aliphatic carbocycles. The highest BCUT2D eigenvalue weighted by molar-refractivity contribution is 6.30. The zero-order valence-corrected chi connectivity index (χ0v) is 12.1. The molecule has 1 aromatic rings. The van der Waals surface area contributed by atoms with Crippen LogP contribution in [0.15, 0.2) is 18.2 Å². The molecule has 21 heavy (non-hydrogen) atoms. The van der Waals surface area contributed by atoms with E-state index in [4.69, 9.17) is 11.6 Å². The third-order valence-corrected chi connectivity index (χ3v) is 3.85. The van der Waals surface area contributed by atoms with Crippen LogP contribution < -0.4 is 5.32 Å². The molecule has 1 N–H and O–H groups in total. The second-order valence-corrected chi connectivity index (χ2v) is 5.56. The predicted octanol–water partition coefficient (Wildman–Crippen LogP) is 3.77. The normalized spacial score (nSPS) is 18.7. The first-order chi connectivity index (χ1) is 9.87. The zero-order valence-electron chi connectivity index (χ0n) is 11.4. The maximum absolute atomic E-state index is 14.1. The van der Waals surface area contributed by atoms with Gasteiger partial charge in [0.2, 0.25) is 0 Å². The molecule has 118 valence electrons. The van der Waals surface area contributed by atoms with E-state index >= 15 is 0 Å². The summed E-state index contributed by atoms with van der Waals surface area (Å²) in [5, 5.41) is 3.38. The average Bonchev–Trinajstić information content (AvgIpc) is 2.41. The molecule has 1 fully saturated rings. The highest BCUT2D eigenvalue weighted by Gasteiger charge is 2.32. The van der Waals surface area contributed by atoms with Crippen molar-refractivity contribution in [1.82, 2.24) is 10.2 Å². The molecule has 0 bridgehead atoms. The highest BCUT2D eigenvalue weighted by atomic mass is 35.5. The van der Waals surface area contributed by atoms with Crippen LogP contribution >= 0.6 is 11.6 Å². The van der Waals surface area contributed by atoms with E-state index in [1.807, 2.05) is 4.90 Å². The van der Waals surface area contributed by atoms with Gasteiger partial charge >= 0.3 is 6.18 Å². The minimum atomic E-state index is -4.24. The number of nitrogens with one attached hydrogen (secondary N) is 1. The van der Waals surface area contributed by atoms with Crippen LogP contribution in [0.1, 0.15) is 24.4 Å². The molecule has 1 heterocycles. The lowest BCUT2D eigenvalue weighted by Gasteiger charge is -2.35. The fraction of sp³-hybridized carbons (Fsp3) is 0.571. The number of hydrogen-bond donors (Lipinski definition) is 1. The quantitative estimate of drug-likeness (QED) is 0.848. The van der Waals surface area contributed by atoms with Crippen LogP contribution in [0, 0.1) is 5.82 Å². The van der Waals surface area contributed by atoms with Crippen molar-refractivity contribution in [2.24, 2.45) is 0 Å². The highest BCUT2D eigenvalue weighted by Crippen LogP contribution is 2.33. The van der Waals surface area contributed by atoms with E-state index < -0.39 is 24.5 Å². The molecule has 1 saturated heterocycles. The molecule has 0 spiro atoms. The van der Waals surface area contributed by atoms with Crippen molar-refractivity contribution in [2.45, 2.75) is 25.1 Å². The molecule has 2 rings (SSSR count). The van der Waals surface area contributed by atoms with Crippen molar-refractivity contribution in [3.8, 4) is 0 Å². The van der Waals surface area contributed by atoms with Crippen LogP contribution in [0.25, 0.3) is 0 Å². The topological polar surface area (TPSA) is 15.3 Å². The van der Waals surface area contributed by atoms with Crippen LogP contribution in [0.3, 0.4) is 0 Å². The third kappa shape index (κ3) is 4.83. The summed E-state index contributed by atoms with van der Waals surface area (Å²) in [6.45, 7) is 2.59. The minimum absolute atomic E-state index is 0.151. The smallest absolute Gasteiger partial charge is 0.314 e. The van der Waals surface area contributed by atoms with Gasteiger partial charge in [-0.1, -0.05) is 17.7 Å². The fourth-order valence-electron chi connectivity index (χ4n) is 2.60. The molecule has 1 atom stereocenters. The van der Waals surface area contributed by atoms with Crippen LogP contribution in [0.2, 0.25) is 5.02 Å². The molecule has 1 aliphatic rings. The number of rotatable bonds is 4. The Labute approximate surface area is 126 Å². The molecule has 0 aromatic heterocycles. The molecule has 0 amide bonds. The lowest BCUT2D eigenvalue weighted by atomic mass is 9.98. The van der Waals surface area contributed by atoms with Gasteiger partial charge in [-0.25, -0.2) is 4.39 Å². The SMILES string of the molecule is Fc1cc(Cl)ccc1[C@H](CCC(F)(F)F)N1CCNCC1. The Kier molecular flexibility index (Phi) is 5.46. The molecular weight excluding hydrogens is 308 g/mol. The van der Waals surface area contributed by atoms with E-state index in [2.05, 4.69) is 5.32 Å². The van der Waals surface area contributed by atoms with Gasteiger partial charge in [0.1, 0.15) is 5.82 Å². The van der Waals surface area contributed by atoms with Gasteiger partial charge in [0, 0.05) is 49.2 Å². The Morgan fingerprint density at radius 1 is 1.24 bits per heavy atom. The maximum Gasteiger partial charge on any atom is 0.389 e. The number of piperazine rings is 1. The van der Waals surface area contributed by atoms with Crippen molar-refractivity contribution in [1.29, 1.82) is 0 Å². The van der Waals surface area contributed by atoms with E-state index in [1.165, 1.54) is 12.1 Å². The van der Waals surface area contributed by atoms with Crippen molar-refractivity contribution < 1.29 is 17.6 Å². The van der Waals surface area contributed by atoms with E-state index in [1.54, 1.807) is 0 Å². The van der Waals surface area contributed by atoms with E-state index in [0.29, 0.717) is 26.2 Å². The molecule has 1 aromatic carbocycles. The first kappa shape index (κ1) is 16.5. The summed E-state index contributed by atoms with van der Waals surface area (Å²) in [7, 11) is 0. The first-order valence-electron chi connectivity index (χ1n) is 6.83. The third-order valence-electron chi connectivity index (χ3n) is 3.62. The van der Waals surface area contributed by atoms with E-state index in [0.717, 1.165) is 6.07 Å². The zero-order chi connectivity index (χ0) is 15.5. The van der Waals surface area contributed by atoms with Gasteiger partial charge in [0.05, 0.1) is 0 Å². The van der Waals surface area contributed by atoms with Crippen molar-refractivity contribution in [2.75, 3.05) is 26.2 Å². The molecule has 0 radical (unpaired) electrons. The van der Waals surface area contributed by atoms with Gasteiger partial charge in [-0.2, -0.15) is 13.2 Å². The van der Waals surface area contributed by atoms with Crippen LogP contribution in [0.5, 0.6) is 0 Å². The molecule has 0 saturated carbocycles. The molecule has 1 aliphatic heterocycles. The number of alkyl halides is 3.